The fraction of sp³-hybridized carbons (Fsp3) is 0.467. The van der Waals surface area contributed by atoms with Crippen LogP contribution in [0.5, 0.6) is 0 Å². The molecular formula is C15H21BrN2O3Si. The molecule has 0 fully saturated rings. The van der Waals surface area contributed by atoms with Gasteiger partial charge in [-0.1, -0.05) is 19.6 Å². The van der Waals surface area contributed by atoms with E-state index in [0.29, 0.717) is 11.2 Å². The molecule has 7 heteroatoms. The molecule has 0 amide bonds. The summed E-state index contributed by atoms with van der Waals surface area (Å²) in [6.45, 7) is 8.15. The number of halogens is 1. The van der Waals surface area contributed by atoms with Crippen LogP contribution in [0.2, 0.25) is 25.7 Å². The van der Waals surface area contributed by atoms with Crippen molar-refractivity contribution in [2.45, 2.75) is 32.4 Å². The highest BCUT2D eigenvalue weighted by Crippen LogP contribution is 2.23. The van der Waals surface area contributed by atoms with Gasteiger partial charge in [0.05, 0.1) is 11.6 Å². The number of aromatic nitrogens is 2. The second-order valence-electron chi connectivity index (χ2n) is 6.36. The Labute approximate surface area is 139 Å². The first kappa shape index (κ1) is 17.2. The molecular weight excluding hydrogens is 364 g/mol. The first-order valence-electron chi connectivity index (χ1n) is 7.13. The van der Waals surface area contributed by atoms with Gasteiger partial charge in [0, 0.05) is 26.3 Å². The number of rotatable bonds is 6. The van der Waals surface area contributed by atoms with Crippen molar-refractivity contribution >= 4 is 41.0 Å². The fourth-order valence-electron chi connectivity index (χ4n) is 1.97. The predicted octanol–water partition coefficient (Wildman–Crippen LogP) is 3.90. The van der Waals surface area contributed by atoms with Crippen LogP contribution in [0.25, 0.3) is 11.0 Å². The SMILES string of the molecule is COC(=O)c1nc2c(ccn2COCC[Si](C)(C)C)cc1Br. The number of ether oxygens (including phenoxy) is 2. The molecule has 2 rings (SSSR count). The summed E-state index contributed by atoms with van der Waals surface area (Å²) in [7, 11) is 0.260. The summed E-state index contributed by atoms with van der Waals surface area (Å²) < 4.78 is 13.0. The summed E-state index contributed by atoms with van der Waals surface area (Å²) in [5.74, 6) is -0.457. The lowest BCUT2D eigenvalue weighted by molar-refractivity contribution is 0.0592. The van der Waals surface area contributed by atoms with E-state index in [4.69, 9.17) is 9.47 Å². The molecule has 0 saturated heterocycles. The monoisotopic (exact) mass is 384 g/mol. The van der Waals surface area contributed by atoms with Crippen molar-refractivity contribution in [3.8, 4) is 0 Å². The van der Waals surface area contributed by atoms with Crippen LogP contribution in [-0.4, -0.2) is 37.3 Å². The number of nitrogens with zero attached hydrogens (tertiary/aromatic N) is 2. The second-order valence-corrected chi connectivity index (χ2v) is 12.8. The van der Waals surface area contributed by atoms with E-state index in [1.54, 1.807) is 0 Å². The van der Waals surface area contributed by atoms with Gasteiger partial charge in [0.1, 0.15) is 12.4 Å². The molecule has 0 aliphatic carbocycles. The highest BCUT2D eigenvalue weighted by molar-refractivity contribution is 9.10. The zero-order valence-corrected chi connectivity index (χ0v) is 15.9. The minimum absolute atomic E-state index is 0.275. The molecule has 5 nitrogen and oxygen atoms in total. The van der Waals surface area contributed by atoms with E-state index >= 15 is 0 Å². The van der Waals surface area contributed by atoms with Crippen molar-refractivity contribution in [1.82, 2.24) is 9.55 Å². The summed E-state index contributed by atoms with van der Waals surface area (Å²) >= 11 is 3.35. The number of pyridine rings is 1. The maximum absolute atomic E-state index is 11.7. The van der Waals surface area contributed by atoms with Crippen LogP contribution >= 0.6 is 15.9 Å². The first-order valence-corrected chi connectivity index (χ1v) is 11.6. The molecule has 0 aliphatic rings. The first-order chi connectivity index (χ1) is 10.3. The van der Waals surface area contributed by atoms with Crippen molar-refractivity contribution in [2.24, 2.45) is 0 Å². The van der Waals surface area contributed by atoms with Gasteiger partial charge in [-0.2, -0.15) is 0 Å². The minimum atomic E-state index is -1.09. The van der Waals surface area contributed by atoms with E-state index < -0.39 is 14.0 Å². The van der Waals surface area contributed by atoms with E-state index in [0.717, 1.165) is 23.7 Å². The van der Waals surface area contributed by atoms with Crippen LogP contribution in [0.3, 0.4) is 0 Å². The summed E-state index contributed by atoms with van der Waals surface area (Å²) in [6, 6.07) is 4.95. The van der Waals surface area contributed by atoms with Crippen LogP contribution in [0.1, 0.15) is 10.5 Å². The van der Waals surface area contributed by atoms with Gasteiger partial charge in [0.15, 0.2) is 5.69 Å². The zero-order valence-electron chi connectivity index (χ0n) is 13.4. The van der Waals surface area contributed by atoms with Crippen LogP contribution < -0.4 is 0 Å². The predicted molar refractivity (Wildman–Crippen MR) is 92.9 cm³/mol. The average Bonchev–Trinajstić information content (AvgIpc) is 2.83. The number of esters is 1. The van der Waals surface area contributed by atoms with Crippen LogP contribution in [-0.2, 0) is 16.2 Å². The molecule has 2 aromatic rings. The molecule has 0 radical (unpaired) electrons. The standard InChI is InChI=1S/C15H21BrN2O3Si/c1-20-15(19)13-12(16)9-11-5-6-18(14(11)17-13)10-21-7-8-22(2,3)4/h5-6,9H,7-8,10H2,1-4H3. The molecule has 0 atom stereocenters. The number of hydrogen-bond donors (Lipinski definition) is 0. The third-order valence-corrected chi connectivity index (χ3v) is 5.60. The number of carbonyl (C=O) groups excluding carboxylic acids is 1. The van der Waals surface area contributed by atoms with Gasteiger partial charge >= 0.3 is 5.97 Å². The van der Waals surface area contributed by atoms with E-state index in [1.165, 1.54) is 7.11 Å². The Morgan fingerprint density at radius 3 is 2.77 bits per heavy atom. The van der Waals surface area contributed by atoms with Crippen molar-refractivity contribution < 1.29 is 14.3 Å². The molecule has 0 unspecified atom stereocenters. The lowest BCUT2D eigenvalue weighted by Gasteiger charge is -2.15. The Hall–Kier alpha value is -1.18. The molecule has 0 saturated carbocycles. The smallest absolute Gasteiger partial charge is 0.357 e. The molecule has 2 heterocycles. The molecule has 2 aromatic heterocycles. The van der Waals surface area contributed by atoms with Crippen LogP contribution in [0.15, 0.2) is 22.8 Å². The third-order valence-electron chi connectivity index (χ3n) is 3.30. The van der Waals surface area contributed by atoms with Crippen LogP contribution in [0.4, 0.5) is 0 Å². The number of methoxy groups -OCH3 is 1. The fourth-order valence-corrected chi connectivity index (χ4v) is 3.23. The second kappa shape index (κ2) is 6.93. The van der Waals surface area contributed by atoms with Gasteiger partial charge in [0.25, 0.3) is 0 Å². The number of fused-ring (bicyclic) bond motifs is 1. The summed E-state index contributed by atoms with van der Waals surface area (Å²) in [5, 5.41) is 0.952. The molecule has 22 heavy (non-hydrogen) atoms. The molecule has 0 aliphatic heterocycles. The summed E-state index contributed by atoms with van der Waals surface area (Å²) in [6.07, 6.45) is 1.92. The molecule has 0 spiro atoms. The minimum Gasteiger partial charge on any atom is -0.464 e. The Morgan fingerprint density at radius 2 is 2.14 bits per heavy atom. The largest absolute Gasteiger partial charge is 0.464 e. The Balaban J connectivity index is 2.16. The quantitative estimate of drug-likeness (QED) is 0.430. The lowest BCUT2D eigenvalue weighted by Crippen LogP contribution is -2.22. The maximum atomic E-state index is 11.7. The van der Waals surface area contributed by atoms with Crippen molar-refractivity contribution in [3.63, 3.8) is 0 Å². The molecule has 0 N–H and O–H groups in total. The average molecular weight is 385 g/mol. The lowest BCUT2D eigenvalue weighted by atomic mass is 10.3. The highest BCUT2D eigenvalue weighted by Gasteiger charge is 2.16. The van der Waals surface area contributed by atoms with Gasteiger partial charge < -0.3 is 14.0 Å². The maximum Gasteiger partial charge on any atom is 0.357 e. The van der Waals surface area contributed by atoms with Gasteiger partial charge in [-0.05, 0) is 34.1 Å². The van der Waals surface area contributed by atoms with Crippen molar-refractivity contribution in [1.29, 1.82) is 0 Å². The van der Waals surface area contributed by atoms with E-state index in [1.807, 2.05) is 22.9 Å². The van der Waals surface area contributed by atoms with Gasteiger partial charge in [-0.15, -0.1) is 0 Å². The van der Waals surface area contributed by atoms with Crippen molar-refractivity contribution in [2.75, 3.05) is 13.7 Å². The van der Waals surface area contributed by atoms with E-state index in [9.17, 15) is 4.79 Å². The van der Waals surface area contributed by atoms with Crippen LogP contribution in [0, 0.1) is 0 Å². The summed E-state index contributed by atoms with van der Waals surface area (Å²) in [5.41, 5.74) is 0.994. The van der Waals surface area contributed by atoms with Gasteiger partial charge in [-0.25, -0.2) is 9.78 Å². The van der Waals surface area contributed by atoms with E-state index in [2.05, 4.69) is 40.6 Å². The third kappa shape index (κ3) is 4.18. The number of carbonyl (C=O) groups is 1. The number of hydrogen-bond acceptors (Lipinski definition) is 4. The Morgan fingerprint density at radius 1 is 1.41 bits per heavy atom. The topological polar surface area (TPSA) is 53.3 Å². The van der Waals surface area contributed by atoms with Gasteiger partial charge in [0.2, 0.25) is 0 Å². The molecule has 0 aromatic carbocycles. The van der Waals surface area contributed by atoms with Crippen molar-refractivity contribution in [3.05, 3.63) is 28.5 Å². The summed E-state index contributed by atoms with van der Waals surface area (Å²) in [4.78, 5) is 16.1. The highest BCUT2D eigenvalue weighted by atomic mass is 79.9. The Kier molecular flexibility index (Phi) is 5.41. The van der Waals surface area contributed by atoms with E-state index in [-0.39, 0.29) is 5.69 Å². The molecule has 120 valence electrons. The normalized spacial score (nSPS) is 11.9. The zero-order chi connectivity index (χ0) is 16.3. The van der Waals surface area contributed by atoms with Gasteiger partial charge in [-0.3, -0.25) is 0 Å². The Bertz CT molecular complexity index is 679. The molecule has 0 bridgehead atoms.